The minimum Gasteiger partial charge on any atom is -0.497 e. The van der Waals surface area contributed by atoms with Crippen molar-refractivity contribution >= 4 is 21.6 Å². The summed E-state index contributed by atoms with van der Waals surface area (Å²) in [7, 11) is 1.68. The number of ether oxygens (including phenoxy) is 2. The molecule has 1 aromatic heterocycles. The summed E-state index contributed by atoms with van der Waals surface area (Å²) in [5.74, 6) is 2.40. The van der Waals surface area contributed by atoms with Gasteiger partial charge < -0.3 is 14.4 Å². The normalized spacial score (nSPS) is 20.2. The van der Waals surface area contributed by atoms with Crippen molar-refractivity contribution in [1.29, 1.82) is 0 Å². The second-order valence-corrected chi connectivity index (χ2v) is 7.88. The summed E-state index contributed by atoms with van der Waals surface area (Å²) in [5.41, 5.74) is 1.15. The molecule has 0 saturated carbocycles. The Kier molecular flexibility index (Phi) is 5.37. The number of aromatic nitrogens is 1. The third kappa shape index (κ3) is 4.00. The van der Waals surface area contributed by atoms with Gasteiger partial charge in [-0.3, -0.25) is 0 Å². The maximum atomic E-state index is 5.87. The van der Waals surface area contributed by atoms with Crippen molar-refractivity contribution in [3.63, 3.8) is 0 Å². The Morgan fingerprint density at radius 1 is 1.04 bits per heavy atom. The van der Waals surface area contributed by atoms with Crippen molar-refractivity contribution in [2.45, 2.75) is 18.8 Å². The summed E-state index contributed by atoms with van der Waals surface area (Å²) >= 11 is 1.87. The van der Waals surface area contributed by atoms with Crippen LogP contribution >= 0.6 is 11.3 Å². The van der Waals surface area contributed by atoms with E-state index in [4.69, 9.17) is 14.5 Å². The molecule has 1 fully saturated rings. The van der Waals surface area contributed by atoms with E-state index in [1.54, 1.807) is 12.0 Å². The Morgan fingerprint density at radius 3 is 2.50 bits per heavy atom. The third-order valence-electron chi connectivity index (χ3n) is 5.14. The van der Waals surface area contributed by atoms with Gasteiger partial charge in [-0.25, -0.2) is 4.98 Å². The Hall–Kier alpha value is -2.11. The van der Waals surface area contributed by atoms with Crippen LogP contribution in [-0.4, -0.2) is 38.3 Å². The highest BCUT2D eigenvalue weighted by atomic mass is 32.1. The van der Waals surface area contributed by atoms with Gasteiger partial charge in [0.1, 0.15) is 24.7 Å². The lowest BCUT2D eigenvalue weighted by molar-refractivity contribution is -0.905. The minimum atomic E-state index is 0.624. The van der Waals surface area contributed by atoms with E-state index < -0.39 is 0 Å². The van der Waals surface area contributed by atoms with Gasteiger partial charge in [0.2, 0.25) is 0 Å². The molecule has 3 aromatic rings. The number of benzene rings is 2. The quantitative estimate of drug-likeness (QED) is 0.725. The first-order valence-corrected chi connectivity index (χ1v) is 10.1. The maximum Gasteiger partial charge on any atom is 0.137 e. The molecule has 0 amide bonds. The van der Waals surface area contributed by atoms with E-state index in [-0.39, 0.29) is 0 Å². The first kappa shape index (κ1) is 17.3. The number of hydrogen-bond acceptors (Lipinski definition) is 4. The fourth-order valence-electron chi connectivity index (χ4n) is 3.57. The van der Waals surface area contributed by atoms with Crippen LogP contribution in [0.2, 0.25) is 0 Å². The van der Waals surface area contributed by atoms with E-state index in [0.717, 1.165) is 30.2 Å². The molecule has 5 heteroatoms. The van der Waals surface area contributed by atoms with Crippen LogP contribution in [0.3, 0.4) is 0 Å². The van der Waals surface area contributed by atoms with Crippen LogP contribution in [0.5, 0.6) is 11.5 Å². The first-order chi connectivity index (χ1) is 12.8. The van der Waals surface area contributed by atoms with E-state index >= 15 is 0 Å². The summed E-state index contributed by atoms with van der Waals surface area (Å²) in [5, 5.41) is 1.32. The van der Waals surface area contributed by atoms with Gasteiger partial charge in [0.05, 0.1) is 35.4 Å². The summed E-state index contributed by atoms with van der Waals surface area (Å²) in [4.78, 5) is 6.49. The molecule has 1 aliphatic heterocycles. The lowest BCUT2D eigenvalue weighted by Crippen LogP contribution is -3.13. The lowest BCUT2D eigenvalue weighted by atomic mass is 9.97. The largest absolute Gasteiger partial charge is 0.497 e. The molecule has 4 rings (SSSR count). The molecule has 0 bridgehead atoms. The molecule has 0 atom stereocenters. The maximum absolute atomic E-state index is 5.87. The highest BCUT2D eigenvalue weighted by molar-refractivity contribution is 7.18. The molecular weight excluding hydrogens is 344 g/mol. The molecule has 0 aliphatic carbocycles. The van der Waals surface area contributed by atoms with Crippen molar-refractivity contribution in [1.82, 2.24) is 4.98 Å². The van der Waals surface area contributed by atoms with Gasteiger partial charge in [-0.15, -0.1) is 11.3 Å². The van der Waals surface area contributed by atoms with Gasteiger partial charge in [0.25, 0.3) is 0 Å². The molecule has 1 saturated heterocycles. The second kappa shape index (κ2) is 8.06. The highest BCUT2D eigenvalue weighted by Gasteiger charge is 2.25. The molecule has 0 radical (unpaired) electrons. The van der Waals surface area contributed by atoms with Crippen LogP contribution in [0.15, 0.2) is 48.5 Å². The number of likely N-dealkylation sites (tertiary alicyclic amines) is 1. The number of nitrogens with zero attached hydrogens (tertiary/aromatic N) is 1. The van der Waals surface area contributed by atoms with Gasteiger partial charge in [-0.1, -0.05) is 12.1 Å². The molecule has 0 spiro atoms. The number of para-hydroxylation sites is 1. The topological polar surface area (TPSA) is 35.8 Å². The average molecular weight is 370 g/mol. The van der Waals surface area contributed by atoms with Crippen molar-refractivity contribution in [2.75, 3.05) is 33.4 Å². The Morgan fingerprint density at radius 2 is 1.77 bits per heavy atom. The Bertz CT molecular complexity index is 806. The van der Waals surface area contributed by atoms with Crippen LogP contribution in [0.1, 0.15) is 23.8 Å². The van der Waals surface area contributed by atoms with Crippen LogP contribution in [0.4, 0.5) is 0 Å². The lowest BCUT2D eigenvalue weighted by Gasteiger charge is -2.28. The van der Waals surface area contributed by atoms with Gasteiger partial charge in [-0.05, 0) is 36.4 Å². The highest BCUT2D eigenvalue weighted by Crippen LogP contribution is 2.31. The molecule has 2 aromatic carbocycles. The number of hydrogen-bond donors (Lipinski definition) is 1. The van der Waals surface area contributed by atoms with Gasteiger partial charge in [0.15, 0.2) is 0 Å². The van der Waals surface area contributed by atoms with E-state index in [0.29, 0.717) is 5.92 Å². The summed E-state index contributed by atoms with van der Waals surface area (Å²) in [6, 6.07) is 16.3. The van der Waals surface area contributed by atoms with Gasteiger partial charge in [-0.2, -0.15) is 0 Å². The first-order valence-electron chi connectivity index (χ1n) is 9.28. The average Bonchev–Trinajstić information content (AvgIpc) is 3.13. The van der Waals surface area contributed by atoms with Crippen molar-refractivity contribution in [2.24, 2.45) is 0 Å². The van der Waals surface area contributed by atoms with Crippen LogP contribution in [0.25, 0.3) is 10.2 Å². The second-order valence-electron chi connectivity index (χ2n) is 6.82. The number of thiazole rings is 1. The minimum absolute atomic E-state index is 0.624. The Balaban J connectivity index is 1.24. The standard InChI is InChI=1S/C21H24N2O2S/c1-24-17-6-8-18(9-7-17)25-15-14-23-12-10-16(11-13-23)21-22-19-4-2-3-5-20(19)26-21/h2-9,16H,10-15H2,1H3/p+1. The number of fused-ring (bicyclic) bond motifs is 1. The monoisotopic (exact) mass is 369 g/mol. The zero-order valence-corrected chi connectivity index (χ0v) is 15.9. The third-order valence-corrected chi connectivity index (χ3v) is 6.34. The number of methoxy groups -OCH3 is 1. The number of rotatable bonds is 6. The molecular formula is C21H25N2O2S+. The summed E-state index contributed by atoms with van der Waals surface area (Å²) in [6.07, 6.45) is 2.44. The molecule has 4 nitrogen and oxygen atoms in total. The van der Waals surface area contributed by atoms with E-state index in [1.165, 1.54) is 35.6 Å². The predicted octanol–water partition coefficient (Wildman–Crippen LogP) is 3.15. The smallest absolute Gasteiger partial charge is 0.137 e. The van der Waals surface area contributed by atoms with E-state index in [1.807, 2.05) is 35.6 Å². The van der Waals surface area contributed by atoms with Gasteiger partial charge in [0, 0.05) is 18.8 Å². The Labute approximate surface area is 158 Å². The molecule has 136 valence electrons. The SMILES string of the molecule is COc1ccc(OCC[NH+]2CCC(c3nc4ccccc4s3)CC2)cc1. The van der Waals surface area contributed by atoms with Gasteiger partial charge >= 0.3 is 0 Å². The van der Waals surface area contributed by atoms with Crippen molar-refractivity contribution < 1.29 is 14.4 Å². The molecule has 26 heavy (non-hydrogen) atoms. The predicted molar refractivity (Wildman–Crippen MR) is 106 cm³/mol. The van der Waals surface area contributed by atoms with Crippen LogP contribution in [0, 0.1) is 0 Å². The number of nitrogens with one attached hydrogen (secondary N) is 1. The van der Waals surface area contributed by atoms with Crippen molar-refractivity contribution in [3.8, 4) is 11.5 Å². The summed E-state index contributed by atoms with van der Waals surface area (Å²) in [6.45, 7) is 4.21. The molecule has 0 unspecified atom stereocenters. The molecule has 2 heterocycles. The van der Waals surface area contributed by atoms with E-state index in [9.17, 15) is 0 Å². The molecule has 1 N–H and O–H groups in total. The fraction of sp³-hybridized carbons (Fsp3) is 0.381. The summed E-state index contributed by atoms with van der Waals surface area (Å²) < 4.78 is 12.4. The number of piperidine rings is 1. The fourth-order valence-corrected chi connectivity index (χ4v) is 4.71. The number of quaternary nitrogens is 1. The van der Waals surface area contributed by atoms with Crippen LogP contribution < -0.4 is 14.4 Å². The zero-order chi connectivity index (χ0) is 17.8. The van der Waals surface area contributed by atoms with Crippen LogP contribution in [-0.2, 0) is 0 Å². The van der Waals surface area contributed by atoms with E-state index in [2.05, 4.69) is 24.3 Å². The van der Waals surface area contributed by atoms with Crippen molar-refractivity contribution in [3.05, 3.63) is 53.5 Å². The zero-order valence-electron chi connectivity index (χ0n) is 15.1. The molecule has 1 aliphatic rings.